The molecule has 0 aliphatic carbocycles. The second-order valence-corrected chi connectivity index (χ2v) is 5.84. The van der Waals surface area contributed by atoms with Gasteiger partial charge in [0.05, 0.1) is 16.6 Å². The third kappa shape index (κ3) is 2.45. The average molecular weight is 282 g/mol. The molecule has 102 valence electrons. The van der Waals surface area contributed by atoms with Crippen molar-refractivity contribution in [2.45, 2.75) is 17.9 Å². The summed E-state index contributed by atoms with van der Waals surface area (Å²) in [6.07, 6.45) is 1.63. The standard InChI is InChI=1S/C11H14N4O3S/c1-8-11(13-16)7-14(2)15(8)9-3-5-10(6-4-9)19(12,17)18/h3-8H,1-2H3,(H2,12,17,18). The Morgan fingerprint density at radius 1 is 1.26 bits per heavy atom. The molecule has 0 fully saturated rings. The molecule has 1 heterocycles. The number of nitrogens with zero attached hydrogens (tertiary/aromatic N) is 3. The van der Waals surface area contributed by atoms with Crippen molar-refractivity contribution < 1.29 is 8.42 Å². The molecule has 1 aliphatic heterocycles. The molecule has 19 heavy (non-hydrogen) atoms. The molecule has 7 nitrogen and oxygen atoms in total. The van der Waals surface area contributed by atoms with Crippen molar-refractivity contribution in [1.29, 1.82) is 0 Å². The van der Waals surface area contributed by atoms with Crippen molar-refractivity contribution in [3.05, 3.63) is 41.1 Å². The van der Waals surface area contributed by atoms with Crippen LogP contribution in [0.1, 0.15) is 6.92 Å². The molecule has 0 bridgehead atoms. The Balaban J connectivity index is 2.32. The fraction of sp³-hybridized carbons (Fsp3) is 0.273. The van der Waals surface area contributed by atoms with E-state index in [1.165, 1.54) is 12.1 Å². The number of rotatable bonds is 3. The zero-order valence-electron chi connectivity index (χ0n) is 10.5. The van der Waals surface area contributed by atoms with E-state index in [0.29, 0.717) is 5.70 Å². The second-order valence-electron chi connectivity index (χ2n) is 4.28. The van der Waals surface area contributed by atoms with Crippen LogP contribution in [0.25, 0.3) is 0 Å². The Hall–Kier alpha value is -1.93. The molecule has 2 rings (SSSR count). The van der Waals surface area contributed by atoms with Gasteiger partial charge in [-0.2, -0.15) is 0 Å². The van der Waals surface area contributed by atoms with Crippen LogP contribution in [0.4, 0.5) is 5.69 Å². The predicted molar refractivity (Wildman–Crippen MR) is 71.4 cm³/mol. The van der Waals surface area contributed by atoms with Crippen LogP contribution in [0.3, 0.4) is 0 Å². The number of sulfonamides is 1. The third-order valence-corrected chi connectivity index (χ3v) is 3.92. The van der Waals surface area contributed by atoms with Gasteiger partial charge in [-0.3, -0.25) is 10.0 Å². The summed E-state index contributed by atoms with van der Waals surface area (Å²) < 4.78 is 22.4. The zero-order valence-corrected chi connectivity index (χ0v) is 11.3. The number of hydrogen-bond donors (Lipinski definition) is 1. The van der Waals surface area contributed by atoms with Crippen LogP contribution in [0, 0.1) is 4.91 Å². The molecule has 1 aromatic carbocycles. The molecule has 0 aromatic heterocycles. The molecule has 1 aromatic rings. The van der Waals surface area contributed by atoms with Gasteiger partial charge in [0, 0.05) is 13.2 Å². The summed E-state index contributed by atoms with van der Waals surface area (Å²) in [5.41, 5.74) is 1.16. The molecule has 1 unspecified atom stereocenters. The highest BCUT2D eigenvalue weighted by Crippen LogP contribution is 2.29. The lowest BCUT2D eigenvalue weighted by Gasteiger charge is -2.31. The summed E-state index contributed by atoms with van der Waals surface area (Å²) in [7, 11) is -1.92. The lowest BCUT2D eigenvalue weighted by molar-refractivity contribution is 0.424. The van der Waals surface area contributed by atoms with E-state index < -0.39 is 10.0 Å². The van der Waals surface area contributed by atoms with Crippen molar-refractivity contribution in [2.75, 3.05) is 12.1 Å². The highest BCUT2D eigenvalue weighted by Gasteiger charge is 2.28. The summed E-state index contributed by atoms with van der Waals surface area (Å²) in [5.74, 6) is 0. The van der Waals surface area contributed by atoms with Gasteiger partial charge in [0.15, 0.2) is 0 Å². The molecule has 1 aliphatic rings. The number of anilines is 1. The quantitative estimate of drug-likeness (QED) is 0.834. The van der Waals surface area contributed by atoms with Crippen LogP contribution in [0.15, 0.2) is 46.2 Å². The van der Waals surface area contributed by atoms with Gasteiger partial charge < -0.3 is 0 Å². The van der Waals surface area contributed by atoms with Crippen molar-refractivity contribution in [1.82, 2.24) is 5.01 Å². The maximum Gasteiger partial charge on any atom is 0.238 e. The summed E-state index contributed by atoms with van der Waals surface area (Å²) in [4.78, 5) is 10.7. The normalized spacial score (nSPS) is 19.5. The maximum atomic E-state index is 11.2. The first-order valence-electron chi connectivity index (χ1n) is 5.54. The van der Waals surface area contributed by atoms with E-state index in [2.05, 4.69) is 5.18 Å². The molecule has 0 radical (unpaired) electrons. The van der Waals surface area contributed by atoms with Gasteiger partial charge in [-0.05, 0) is 36.4 Å². The van der Waals surface area contributed by atoms with Crippen LogP contribution >= 0.6 is 0 Å². The molecule has 1 atom stereocenters. The van der Waals surface area contributed by atoms with Crippen LogP contribution < -0.4 is 10.1 Å². The minimum absolute atomic E-state index is 0.0486. The molecule has 2 N–H and O–H groups in total. The van der Waals surface area contributed by atoms with Crippen LogP contribution in [-0.4, -0.2) is 26.5 Å². The van der Waals surface area contributed by atoms with Gasteiger partial charge in [0.2, 0.25) is 10.0 Å². The summed E-state index contributed by atoms with van der Waals surface area (Å²) in [6, 6.07) is 5.92. The average Bonchev–Trinajstić information content (AvgIpc) is 2.63. The van der Waals surface area contributed by atoms with E-state index in [4.69, 9.17) is 5.14 Å². The molecule has 0 saturated carbocycles. The number of nitrogens with two attached hydrogens (primary N) is 1. The summed E-state index contributed by atoms with van der Waals surface area (Å²) in [6.45, 7) is 1.84. The number of nitroso groups, excluding NO2 is 1. The van der Waals surface area contributed by atoms with Crippen molar-refractivity contribution >= 4 is 15.7 Å². The topological polar surface area (TPSA) is 96.1 Å². The first-order valence-corrected chi connectivity index (χ1v) is 7.09. The van der Waals surface area contributed by atoms with Gasteiger partial charge in [-0.15, -0.1) is 4.91 Å². The third-order valence-electron chi connectivity index (χ3n) is 2.99. The summed E-state index contributed by atoms with van der Waals surface area (Å²) >= 11 is 0. The molecule has 0 spiro atoms. The first kappa shape index (κ1) is 13.5. The Labute approximate surface area is 111 Å². The molecule has 8 heteroatoms. The fourth-order valence-electron chi connectivity index (χ4n) is 2.05. The molecular formula is C11H14N4O3S. The number of hydrazine groups is 1. The van der Waals surface area contributed by atoms with E-state index in [-0.39, 0.29) is 10.9 Å². The van der Waals surface area contributed by atoms with Crippen LogP contribution in [0.5, 0.6) is 0 Å². The van der Waals surface area contributed by atoms with E-state index >= 15 is 0 Å². The van der Waals surface area contributed by atoms with Gasteiger partial charge in [-0.1, -0.05) is 0 Å². The second kappa shape index (κ2) is 4.63. The zero-order chi connectivity index (χ0) is 14.2. The van der Waals surface area contributed by atoms with Crippen LogP contribution in [0.2, 0.25) is 0 Å². The lowest BCUT2D eigenvalue weighted by Crippen LogP contribution is -2.38. The minimum atomic E-state index is -3.70. The van der Waals surface area contributed by atoms with E-state index in [9.17, 15) is 13.3 Å². The van der Waals surface area contributed by atoms with E-state index in [0.717, 1.165) is 5.69 Å². The lowest BCUT2D eigenvalue weighted by atomic mass is 10.2. The molecular weight excluding hydrogens is 268 g/mol. The molecule has 0 saturated heterocycles. The monoisotopic (exact) mass is 282 g/mol. The number of primary sulfonamides is 1. The first-order chi connectivity index (χ1) is 8.84. The molecule has 0 amide bonds. The number of hydrogen-bond acceptors (Lipinski definition) is 6. The Morgan fingerprint density at radius 2 is 1.84 bits per heavy atom. The highest BCUT2D eigenvalue weighted by molar-refractivity contribution is 7.89. The largest absolute Gasteiger partial charge is 0.293 e. The van der Waals surface area contributed by atoms with E-state index in [1.54, 1.807) is 30.4 Å². The van der Waals surface area contributed by atoms with Crippen molar-refractivity contribution in [3.63, 3.8) is 0 Å². The van der Waals surface area contributed by atoms with Gasteiger partial charge >= 0.3 is 0 Å². The van der Waals surface area contributed by atoms with Gasteiger partial charge in [0.25, 0.3) is 0 Å². The van der Waals surface area contributed by atoms with Crippen LogP contribution in [-0.2, 0) is 10.0 Å². The Kier molecular flexibility index (Phi) is 3.29. The van der Waals surface area contributed by atoms with Crippen molar-refractivity contribution in [3.8, 4) is 0 Å². The minimum Gasteiger partial charge on any atom is -0.293 e. The van der Waals surface area contributed by atoms with Crippen molar-refractivity contribution in [2.24, 2.45) is 10.3 Å². The predicted octanol–water partition coefficient (Wildman–Crippen LogP) is 0.997. The Bertz CT molecular complexity index is 624. The van der Waals surface area contributed by atoms with E-state index in [1.807, 2.05) is 11.9 Å². The Morgan fingerprint density at radius 3 is 2.26 bits per heavy atom. The fourth-order valence-corrected chi connectivity index (χ4v) is 2.57. The maximum absolute atomic E-state index is 11.2. The van der Waals surface area contributed by atoms with Gasteiger partial charge in [-0.25, -0.2) is 13.6 Å². The smallest absolute Gasteiger partial charge is 0.238 e. The van der Waals surface area contributed by atoms with Gasteiger partial charge in [0.1, 0.15) is 5.70 Å². The highest BCUT2D eigenvalue weighted by atomic mass is 32.2. The summed E-state index contributed by atoms with van der Waals surface area (Å²) in [5, 5.41) is 11.6. The SMILES string of the molecule is CC1C(N=O)=CN(C)N1c1ccc(S(N)(=O)=O)cc1. The number of benzene rings is 1.